The van der Waals surface area contributed by atoms with Gasteiger partial charge in [-0.2, -0.15) is 0 Å². The zero-order chi connectivity index (χ0) is 15.9. The average molecular weight is 343 g/mol. The van der Waals surface area contributed by atoms with E-state index in [1.807, 2.05) is 0 Å². The van der Waals surface area contributed by atoms with Gasteiger partial charge < -0.3 is 9.47 Å². The summed E-state index contributed by atoms with van der Waals surface area (Å²) in [5.74, 6) is 0.726. The third-order valence-electron chi connectivity index (χ3n) is 6.23. The van der Waals surface area contributed by atoms with Crippen molar-refractivity contribution in [2.45, 2.75) is 62.7 Å². The summed E-state index contributed by atoms with van der Waals surface area (Å²) in [6.07, 6.45) is 8.61. The third kappa shape index (κ3) is 3.20. The predicted octanol–water partition coefficient (Wildman–Crippen LogP) is 2.17. The SMILES string of the molecule is O=S(=O)(C1CC1)N1CC[C@H]2OCCC[C@@]2(COCC2CCC2)C1. The highest BCUT2D eigenvalue weighted by Gasteiger charge is 2.51. The molecule has 4 fully saturated rings. The van der Waals surface area contributed by atoms with Gasteiger partial charge in [0.1, 0.15) is 0 Å². The number of fused-ring (bicyclic) bond motifs is 1. The summed E-state index contributed by atoms with van der Waals surface area (Å²) in [5, 5.41) is -0.114. The van der Waals surface area contributed by atoms with E-state index in [1.165, 1.54) is 19.3 Å². The molecule has 2 aliphatic heterocycles. The number of piperidine rings is 1. The van der Waals surface area contributed by atoms with Gasteiger partial charge in [-0.25, -0.2) is 12.7 Å². The first-order chi connectivity index (χ1) is 11.1. The molecular weight excluding hydrogens is 314 g/mol. The van der Waals surface area contributed by atoms with Gasteiger partial charge in [0.2, 0.25) is 10.0 Å². The molecule has 0 aromatic carbocycles. The van der Waals surface area contributed by atoms with Gasteiger partial charge in [-0.15, -0.1) is 0 Å². The second-order valence-corrected chi connectivity index (χ2v) is 10.2. The average Bonchev–Trinajstić information content (AvgIpc) is 3.34. The van der Waals surface area contributed by atoms with Crippen molar-refractivity contribution in [2.24, 2.45) is 11.3 Å². The van der Waals surface area contributed by atoms with Gasteiger partial charge in [-0.1, -0.05) is 6.42 Å². The summed E-state index contributed by atoms with van der Waals surface area (Å²) >= 11 is 0. The van der Waals surface area contributed by atoms with E-state index in [-0.39, 0.29) is 16.8 Å². The first kappa shape index (κ1) is 16.3. The van der Waals surface area contributed by atoms with Gasteiger partial charge in [0, 0.05) is 31.7 Å². The fourth-order valence-corrected chi connectivity index (χ4v) is 6.29. The van der Waals surface area contributed by atoms with Crippen LogP contribution in [0.5, 0.6) is 0 Å². The Morgan fingerprint density at radius 3 is 2.65 bits per heavy atom. The zero-order valence-electron chi connectivity index (χ0n) is 13.9. The fourth-order valence-electron chi connectivity index (χ4n) is 4.34. The topological polar surface area (TPSA) is 55.8 Å². The van der Waals surface area contributed by atoms with Crippen LogP contribution in [0.25, 0.3) is 0 Å². The summed E-state index contributed by atoms with van der Waals surface area (Å²) in [4.78, 5) is 0. The number of ether oxygens (including phenoxy) is 2. The Balaban J connectivity index is 1.44. The molecule has 23 heavy (non-hydrogen) atoms. The van der Waals surface area contributed by atoms with Crippen molar-refractivity contribution in [3.05, 3.63) is 0 Å². The van der Waals surface area contributed by atoms with E-state index in [0.29, 0.717) is 19.7 Å². The van der Waals surface area contributed by atoms with Crippen LogP contribution in [0, 0.1) is 11.3 Å². The Kier molecular flexibility index (Phi) is 4.45. The van der Waals surface area contributed by atoms with Crippen LogP contribution in [0.15, 0.2) is 0 Å². The smallest absolute Gasteiger partial charge is 0.217 e. The summed E-state index contributed by atoms with van der Waals surface area (Å²) < 4.78 is 39.1. The Bertz CT molecular complexity index is 529. The van der Waals surface area contributed by atoms with E-state index in [9.17, 15) is 8.42 Å². The second kappa shape index (κ2) is 6.28. The second-order valence-electron chi connectivity index (χ2n) is 8.00. The molecule has 2 saturated carbocycles. The minimum Gasteiger partial charge on any atom is -0.380 e. The Labute approximate surface area is 139 Å². The number of hydrogen-bond donors (Lipinski definition) is 0. The first-order valence-electron chi connectivity index (χ1n) is 9.28. The van der Waals surface area contributed by atoms with Crippen LogP contribution in [0.2, 0.25) is 0 Å². The van der Waals surface area contributed by atoms with E-state index in [0.717, 1.165) is 51.2 Å². The lowest BCUT2D eigenvalue weighted by molar-refractivity contribution is -0.146. The Morgan fingerprint density at radius 2 is 1.96 bits per heavy atom. The van der Waals surface area contributed by atoms with E-state index in [1.54, 1.807) is 4.31 Å². The van der Waals surface area contributed by atoms with Crippen molar-refractivity contribution in [3.8, 4) is 0 Å². The van der Waals surface area contributed by atoms with Gasteiger partial charge in [0.25, 0.3) is 0 Å². The molecule has 0 spiro atoms. The molecule has 4 rings (SSSR count). The molecule has 0 amide bonds. The summed E-state index contributed by atoms with van der Waals surface area (Å²) in [6.45, 7) is 3.52. The monoisotopic (exact) mass is 343 g/mol. The standard InChI is InChI=1S/C17H29NO4S/c19-23(20,15-5-6-15)18-9-7-16-17(12-18,8-2-10-22-16)13-21-11-14-3-1-4-14/h14-16H,1-13H2/t16-,17+/m1/s1. The predicted molar refractivity (Wildman–Crippen MR) is 87.7 cm³/mol. The normalized spacial score (nSPS) is 36.4. The van der Waals surface area contributed by atoms with Crippen LogP contribution in [0.4, 0.5) is 0 Å². The van der Waals surface area contributed by atoms with Crippen molar-refractivity contribution in [2.75, 3.05) is 32.9 Å². The first-order valence-corrected chi connectivity index (χ1v) is 10.8. The lowest BCUT2D eigenvalue weighted by Crippen LogP contribution is -2.58. The van der Waals surface area contributed by atoms with E-state index in [2.05, 4.69) is 0 Å². The van der Waals surface area contributed by atoms with Crippen molar-refractivity contribution >= 4 is 10.0 Å². The highest BCUT2D eigenvalue weighted by Crippen LogP contribution is 2.43. The molecule has 0 aromatic rings. The van der Waals surface area contributed by atoms with Crippen molar-refractivity contribution < 1.29 is 17.9 Å². The molecule has 0 bridgehead atoms. The zero-order valence-corrected chi connectivity index (χ0v) is 14.7. The largest absolute Gasteiger partial charge is 0.380 e. The van der Waals surface area contributed by atoms with Crippen molar-refractivity contribution in [1.82, 2.24) is 4.31 Å². The molecule has 0 radical (unpaired) electrons. The maximum atomic E-state index is 12.6. The molecular formula is C17H29NO4S. The molecule has 0 aromatic heterocycles. The van der Waals surface area contributed by atoms with Crippen LogP contribution in [0.3, 0.4) is 0 Å². The molecule has 2 heterocycles. The number of rotatable bonds is 6. The lowest BCUT2D eigenvalue weighted by Gasteiger charge is -2.50. The number of nitrogens with zero attached hydrogens (tertiary/aromatic N) is 1. The number of hydrogen-bond acceptors (Lipinski definition) is 4. The van der Waals surface area contributed by atoms with Crippen LogP contribution < -0.4 is 0 Å². The van der Waals surface area contributed by atoms with E-state index in [4.69, 9.17) is 9.47 Å². The van der Waals surface area contributed by atoms with Crippen LogP contribution >= 0.6 is 0 Å². The van der Waals surface area contributed by atoms with Gasteiger partial charge in [-0.3, -0.25) is 0 Å². The Hall–Kier alpha value is -0.170. The van der Waals surface area contributed by atoms with Crippen molar-refractivity contribution in [3.63, 3.8) is 0 Å². The molecule has 132 valence electrons. The highest BCUT2D eigenvalue weighted by atomic mass is 32.2. The maximum absolute atomic E-state index is 12.6. The summed E-state index contributed by atoms with van der Waals surface area (Å²) in [7, 11) is -3.09. The number of sulfonamides is 1. The maximum Gasteiger partial charge on any atom is 0.217 e. The minimum absolute atomic E-state index is 0.114. The molecule has 2 saturated heterocycles. The van der Waals surface area contributed by atoms with E-state index < -0.39 is 10.0 Å². The molecule has 2 atom stereocenters. The van der Waals surface area contributed by atoms with Gasteiger partial charge in [-0.05, 0) is 50.9 Å². The highest BCUT2D eigenvalue weighted by molar-refractivity contribution is 7.90. The molecule has 0 N–H and O–H groups in total. The third-order valence-corrected chi connectivity index (χ3v) is 8.57. The fraction of sp³-hybridized carbons (Fsp3) is 1.00. The Morgan fingerprint density at radius 1 is 1.13 bits per heavy atom. The molecule has 0 unspecified atom stereocenters. The molecule has 5 nitrogen and oxygen atoms in total. The summed E-state index contributed by atoms with van der Waals surface area (Å²) in [5.41, 5.74) is -0.123. The van der Waals surface area contributed by atoms with Gasteiger partial charge in [0.05, 0.1) is 18.0 Å². The van der Waals surface area contributed by atoms with Crippen LogP contribution in [0.1, 0.15) is 51.4 Å². The van der Waals surface area contributed by atoms with Crippen LogP contribution in [-0.2, 0) is 19.5 Å². The van der Waals surface area contributed by atoms with Crippen molar-refractivity contribution in [1.29, 1.82) is 0 Å². The quantitative estimate of drug-likeness (QED) is 0.742. The molecule has 6 heteroatoms. The van der Waals surface area contributed by atoms with E-state index >= 15 is 0 Å². The minimum atomic E-state index is -3.09. The van der Waals surface area contributed by atoms with Crippen LogP contribution in [-0.4, -0.2) is 57.0 Å². The van der Waals surface area contributed by atoms with Gasteiger partial charge in [0.15, 0.2) is 0 Å². The molecule has 2 aliphatic carbocycles. The lowest BCUT2D eigenvalue weighted by atomic mass is 9.73. The summed E-state index contributed by atoms with van der Waals surface area (Å²) in [6, 6.07) is 0. The van der Waals surface area contributed by atoms with Gasteiger partial charge >= 0.3 is 0 Å². The molecule has 4 aliphatic rings.